The fourth-order valence-corrected chi connectivity index (χ4v) is 2.50. The summed E-state index contributed by atoms with van der Waals surface area (Å²) in [6.07, 6.45) is 2.33. The van der Waals surface area contributed by atoms with Crippen molar-refractivity contribution in [2.75, 3.05) is 11.4 Å². The Labute approximate surface area is 107 Å². The summed E-state index contributed by atoms with van der Waals surface area (Å²) in [5.74, 6) is 1.00. The Hall–Kier alpha value is -1.87. The average molecular weight is 239 g/mol. The van der Waals surface area contributed by atoms with Gasteiger partial charge in [-0.2, -0.15) is 0 Å². The molecule has 2 aromatic rings. The van der Waals surface area contributed by atoms with Crippen LogP contribution in [0.3, 0.4) is 0 Å². The maximum Gasteiger partial charge on any atom is 0.133 e. The number of benzene rings is 1. The molecule has 3 heteroatoms. The highest BCUT2D eigenvalue weighted by atomic mass is 15.2. The summed E-state index contributed by atoms with van der Waals surface area (Å²) >= 11 is 0. The number of anilines is 2. The van der Waals surface area contributed by atoms with Crippen molar-refractivity contribution >= 4 is 11.5 Å². The number of hydrogen-bond acceptors (Lipinski definition) is 3. The van der Waals surface area contributed by atoms with Crippen molar-refractivity contribution in [1.29, 1.82) is 0 Å². The van der Waals surface area contributed by atoms with Crippen molar-refractivity contribution in [2.24, 2.45) is 5.73 Å². The molecule has 0 amide bonds. The maximum atomic E-state index is 5.66. The van der Waals surface area contributed by atoms with Gasteiger partial charge >= 0.3 is 0 Å². The van der Waals surface area contributed by atoms with Gasteiger partial charge in [0.05, 0.1) is 5.69 Å². The van der Waals surface area contributed by atoms with Crippen molar-refractivity contribution in [2.45, 2.75) is 19.4 Å². The molecular formula is C15H17N3. The number of aryl methyl sites for hydroxylation is 1. The van der Waals surface area contributed by atoms with Crippen LogP contribution in [-0.4, -0.2) is 11.5 Å². The van der Waals surface area contributed by atoms with Gasteiger partial charge in [0.2, 0.25) is 0 Å². The van der Waals surface area contributed by atoms with Crippen LogP contribution in [0.4, 0.5) is 11.5 Å². The second-order valence-corrected chi connectivity index (χ2v) is 4.58. The lowest BCUT2D eigenvalue weighted by atomic mass is 10.0. The predicted molar refractivity (Wildman–Crippen MR) is 73.9 cm³/mol. The molecule has 92 valence electrons. The molecule has 0 radical (unpaired) electrons. The van der Waals surface area contributed by atoms with Gasteiger partial charge in [0.15, 0.2) is 0 Å². The maximum absolute atomic E-state index is 5.66. The number of para-hydroxylation sites is 1. The smallest absolute Gasteiger partial charge is 0.133 e. The van der Waals surface area contributed by atoms with Crippen molar-refractivity contribution < 1.29 is 0 Å². The Morgan fingerprint density at radius 3 is 2.89 bits per heavy atom. The molecule has 0 unspecified atom stereocenters. The molecule has 0 atom stereocenters. The van der Waals surface area contributed by atoms with E-state index in [0.717, 1.165) is 24.5 Å². The van der Waals surface area contributed by atoms with Crippen LogP contribution < -0.4 is 10.6 Å². The van der Waals surface area contributed by atoms with E-state index in [2.05, 4.69) is 40.2 Å². The lowest BCUT2D eigenvalue weighted by molar-refractivity contribution is 0.757. The second-order valence-electron chi connectivity index (χ2n) is 4.58. The van der Waals surface area contributed by atoms with Crippen molar-refractivity contribution in [3.05, 3.63) is 53.7 Å². The minimum Gasteiger partial charge on any atom is -0.326 e. The van der Waals surface area contributed by atoms with E-state index in [0.29, 0.717) is 6.54 Å². The first-order chi connectivity index (χ1) is 8.88. The number of fused-ring (bicyclic) bond motifs is 1. The lowest BCUT2D eigenvalue weighted by Crippen LogP contribution is -2.25. The van der Waals surface area contributed by atoms with Crippen LogP contribution in [0.1, 0.15) is 17.7 Å². The van der Waals surface area contributed by atoms with Crippen LogP contribution in [0.2, 0.25) is 0 Å². The fraction of sp³-hybridized carbons (Fsp3) is 0.267. The number of pyridine rings is 1. The number of rotatable bonds is 2. The van der Waals surface area contributed by atoms with Crippen LogP contribution in [0.25, 0.3) is 0 Å². The van der Waals surface area contributed by atoms with Crippen molar-refractivity contribution in [3.8, 4) is 0 Å². The molecule has 1 aliphatic heterocycles. The summed E-state index contributed by atoms with van der Waals surface area (Å²) in [5.41, 5.74) is 9.29. The third-order valence-corrected chi connectivity index (χ3v) is 3.39. The van der Waals surface area contributed by atoms with Gasteiger partial charge < -0.3 is 10.6 Å². The molecule has 3 nitrogen and oxygen atoms in total. The van der Waals surface area contributed by atoms with Crippen molar-refractivity contribution in [1.82, 2.24) is 4.98 Å². The second kappa shape index (κ2) is 4.78. The Kier molecular flexibility index (Phi) is 2.99. The number of hydrogen-bond donors (Lipinski definition) is 1. The summed E-state index contributed by atoms with van der Waals surface area (Å²) in [4.78, 5) is 6.90. The molecule has 0 aliphatic carbocycles. The van der Waals surface area contributed by atoms with Crippen LogP contribution in [0.5, 0.6) is 0 Å². The zero-order valence-corrected chi connectivity index (χ0v) is 10.3. The van der Waals surface area contributed by atoms with Gasteiger partial charge in [-0.25, -0.2) is 4.98 Å². The van der Waals surface area contributed by atoms with E-state index < -0.39 is 0 Å². The normalized spacial score (nSPS) is 14.4. The van der Waals surface area contributed by atoms with E-state index in [1.54, 1.807) is 0 Å². The fourth-order valence-electron chi connectivity index (χ4n) is 2.50. The third-order valence-electron chi connectivity index (χ3n) is 3.39. The van der Waals surface area contributed by atoms with E-state index >= 15 is 0 Å². The predicted octanol–water partition coefficient (Wildman–Crippen LogP) is 2.62. The van der Waals surface area contributed by atoms with E-state index in [4.69, 9.17) is 5.73 Å². The summed E-state index contributed by atoms with van der Waals surface area (Å²) in [6, 6.07) is 14.6. The zero-order chi connectivity index (χ0) is 12.4. The average Bonchev–Trinajstić information content (AvgIpc) is 2.47. The zero-order valence-electron chi connectivity index (χ0n) is 10.3. The Morgan fingerprint density at radius 1 is 1.11 bits per heavy atom. The largest absolute Gasteiger partial charge is 0.326 e. The molecule has 0 saturated heterocycles. The highest BCUT2D eigenvalue weighted by Crippen LogP contribution is 2.32. The van der Waals surface area contributed by atoms with Gasteiger partial charge in [-0.3, -0.25) is 0 Å². The summed E-state index contributed by atoms with van der Waals surface area (Å²) in [6.45, 7) is 1.52. The third kappa shape index (κ3) is 1.97. The molecule has 1 aliphatic rings. The first-order valence-electron chi connectivity index (χ1n) is 6.40. The van der Waals surface area contributed by atoms with Gasteiger partial charge in [0, 0.05) is 18.8 Å². The van der Waals surface area contributed by atoms with E-state index in [-0.39, 0.29) is 0 Å². The Morgan fingerprint density at radius 2 is 2.00 bits per heavy atom. The molecule has 0 spiro atoms. The van der Waals surface area contributed by atoms with Crippen LogP contribution >= 0.6 is 0 Å². The number of aromatic nitrogens is 1. The monoisotopic (exact) mass is 239 g/mol. The minimum atomic E-state index is 0.489. The number of nitrogens with two attached hydrogens (primary N) is 1. The molecular weight excluding hydrogens is 222 g/mol. The topological polar surface area (TPSA) is 42.1 Å². The van der Waals surface area contributed by atoms with Gasteiger partial charge in [-0.15, -0.1) is 0 Å². The summed E-state index contributed by atoms with van der Waals surface area (Å²) < 4.78 is 0. The molecule has 0 fully saturated rings. The molecule has 2 heterocycles. The minimum absolute atomic E-state index is 0.489. The van der Waals surface area contributed by atoms with E-state index in [9.17, 15) is 0 Å². The molecule has 0 saturated carbocycles. The Bertz CT molecular complexity index is 551. The van der Waals surface area contributed by atoms with Gasteiger partial charge in [-0.1, -0.05) is 24.3 Å². The first-order valence-corrected chi connectivity index (χ1v) is 6.40. The molecule has 1 aromatic carbocycles. The van der Waals surface area contributed by atoms with Gasteiger partial charge in [0.1, 0.15) is 5.82 Å². The molecule has 3 rings (SSSR count). The van der Waals surface area contributed by atoms with Gasteiger partial charge in [-0.05, 0) is 36.6 Å². The summed E-state index contributed by atoms with van der Waals surface area (Å²) in [7, 11) is 0. The van der Waals surface area contributed by atoms with Gasteiger partial charge in [0.25, 0.3) is 0 Å². The lowest BCUT2D eigenvalue weighted by Gasteiger charge is -2.30. The van der Waals surface area contributed by atoms with E-state index in [1.165, 1.54) is 17.7 Å². The molecule has 2 N–H and O–H groups in total. The molecule has 1 aromatic heterocycles. The van der Waals surface area contributed by atoms with Crippen LogP contribution in [0, 0.1) is 0 Å². The van der Waals surface area contributed by atoms with E-state index in [1.807, 2.05) is 12.1 Å². The Balaban J connectivity index is 2.02. The van der Waals surface area contributed by atoms with Crippen molar-refractivity contribution in [3.63, 3.8) is 0 Å². The summed E-state index contributed by atoms with van der Waals surface area (Å²) in [5, 5.41) is 0. The SMILES string of the molecule is NCc1cccc(N2CCCc3ccccc32)n1. The molecule has 18 heavy (non-hydrogen) atoms. The van der Waals surface area contributed by atoms with Crippen LogP contribution in [0.15, 0.2) is 42.5 Å². The standard InChI is InChI=1S/C15H17N3/c16-11-13-7-3-9-15(17-13)18-10-4-6-12-5-1-2-8-14(12)18/h1-3,5,7-9H,4,6,10-11,16H2. The first kappa shape index (κ1) is 11.2. The highest BCUT2D eigenvalue weighted by molar-refractivity contribution is 5.65. The molecule has 0 bridgehead atoms. The van der Waals surface area contributed by atoms with Crippen LogP contribution in [-0.2, 0) is 13.0 Å². The number of nitrogens with zero attached hydrogens (tertiary/aromatic N) is 2. The highest BCUT2D eigenvalue weighted by Gasteiger charge is 2.18. The quantitative estimate of drug-likeness (QED) is 0.876.